The number of nitrogen functional groups attached to an aromatic ring is 1. The van der Waals surface area contributed by atoms with Crippen LogP contribution in [-0.2, 0) is 0 Å². The van der Waals surface area contributed by atoms with Crippen molar-refractivity contribution in [1.82, 2.24) is 0 Å². The summed E-state index contributed by atoms with van der Waals surface area (Å²) in [5.74, 6) is -0.912. The molecule has 0 heterocycles. The van der Waals surface area contributed by atoms with E-state index in [-0.39, 0.29) is 5.02 Å². The van der Waals surface area contributed by atoms with Gasteiger partial charge in [0.15, 0.2) is 0 Å². The molecular weight excluding hydrogens is 232 g/mol. The second-order valence-corrected chi connectivity index (χ2v) is 3.77. The lowest BCUT2D eigenvalue weighted by Gasteiger charge is -2.06. The second kappa shape index (κ2) is 4.10. The summed E-state index contributed by atoms with van der Waals surface area (Å²) in [5.41, 5.74) is 7.21. The summed E-state index contributed by atoms with van der Waals surface area (Å²) in [4.78, 5) is 0. The van der Waals surface area contributed by atoms with Crippen LogP contribution in [0.1, 0.15) is 0 Å². The molecule has 0 atom stereocenters. The molecule has 0 spiro atoms. The highest BCUT2D eigenvalue weighted by atomic mass is 35.5. The highest BCUT2D eigenvalue weighted by molar-refractivity contribution is 6.31. The van der Waals surface area contributed by atoms with Crippen molar-refractivity contribution in [1.29, 1.82) is 0 Å². The molecule has 16 heavy (non-hydrogen) atoms. The van der Waals surface area contributed by atoms with E-state index < -0.39 is 11.6 Å². The van der Waals surface area contributed by atoms with Crippen molar-refractivity contribution in [3.8, 4) is 11.1 Å². The van der Waals surface area contributed by atoms with Crippen LogP contribution in [0.25, 0.3) is 11.1 Å². The van der Waals surface area contributed by atoms with Gasteiger partial charge < -0.3 is 5.73 Å². The summed E-state index contributed by atoms with van der Waals surface area (Å²) in [7, 11) is 0. The van der Waals surface area contributed by atoms with Gasteiger partial charge in [-0.25, -0.2) is 8.78 Å². The number of benzene rings is 2. The van der Waals surface area contributed by atoms with E-state index in [2.05, 4.69) is 0 Å². The van der Waals surface area contributed by atoms with Crippen LogP contribution < -0.4 is 5.73 Å². The van der Waals surface area contributed by atoms with E-state index in [1.165, 1.54) is 36.4 Å². The minimum atomic E-state index is -0.514. The van der Waals surface area contributed by atoms with Gasteiger partial charge in [-0.15, -0.1) is 0 Å². The van der Waals surface area contributed by atoms with Gasteiger partial charge in [-0.1, -0.05) is 17.7 Å². The first kappa shape index (κ1) is 10.9. The fraction of sp³-hybridized carbons (Fsp3) is 0. The maximum Gasteiger partial charge on any atom is 0.141 e. The molecule has 0 aromatic heterocycles. The molecule has 0 unspecified atom stereocenters. The van der Waals surface area contributed by atoms with E-state index in [4.69, 9.17) is 17.3 Å². The largest absolute Gasteiger partial charge is 0.398 e. The van der Waals surface area contributed by atoms with Crippen molar-refractivity contribution in [2.24, 2.45) is 0 Å². The molecule has 2 rings (SSSR count). The monoisotopic (exact) mass is 239 g/mol. The van der Waals surface area contributed by atoms with Crippen LogP contribution in [0, 0.1) is 11.6 Å². The van der Waals surface area contributed by atoms with Crippen LogP contribution in [0.5, 0.6) is 0 Å². The number of halogens is 3. The maximum atomic E-state index is 13.1. The smallest absolute Gasteiger partial charge is 0.141 e. The van der Waals surface area contributed by atoms with Crippen LogP contribution in [0.3, 0.4) is 0 Å². The van der Waals surface area contributed by atoms with Gasteiger partial charge in [0.1, 0.15) is 11.6 Å². The Labute approximate surface area is 96.5 Å². The second-order valence-electron chi connectivity index (χ2n) is 3.36. The standard InChI is InChI=1S/C12H8ClF2N/c13-10-5-7(1-3-11(10)15)9-6-8(14)2-4-12(9)16/h1-6H,16H2. The third kappa shape index (κ3) is 1.99. The lowest BCUT2D eigenvalue weighted by Crippen LogP contribution is -1.91. The van der Waals surface area contributed by atoms with Gasteiger partial charge in [0, 0.05) is 11.3 Å². The molecule has 0 saturated heterocycles. The van der Waals surface area contributed by atoms with Crippen molar-refractivity contribution < 1.29 is 8.78 Å². The number of hydrogen-bond donors (Lipinski definition) is 1. The van der Waals surface area contributed by atoms with Gasteiger partial charge in [-0.2, -0.15) is 0 Å². The predicted octanol–water partition coefficient (Wildman–Crippen LogP) is 3.87. The Morgan fingerprint density at radius 3 is 2.44 bits per heavy atom. The van der Waals surface area contributed by atoms with Crippen LogP contribution >= 0.6 is 11.6 Å². The predicted molar refractivity (Wildman–Crippen MR) is 61.2 cm³/mol. The first-order valence-electron chi connectivity index (χ1n) is 4.58. The van der Waals surface area contributed by atoms with Crippen LogP contribution in [-0.4, -0.2) is 0 Å². The zero-order chi connectivity index (χ0) is 11.7. The molecule has 1 nitrogen and oxygen atoms in total. The number of rotatable bonds is 1. The topological polar surface area (TPSA) is 26.0 Å². The minimum Gasteiger partial charge on any atom is -0.398 e. The Balaban J connectivity index is 2.58. The summed E-state index contributed by atoms with van der Waals surface area (Å²) in [6.45, 7) is 0. The van der Waals surface area contributed by atoms with Gasteiger partial charge in [-0.05, 0) is 35.9 Å². The van der Waals surface area contributed by atoms with E-state index in [1.807, 2.05) is 0 Å². The van der Waals surface area contributed by atoms with Gasteiger partial charge in [-0.3, -0.25) is 0 Å². The Hall–Kier alpha value is -1.61. The number of hydrogen-bond acceptors (Lipinski definition) is 1. The molecule has 0 bridgehead atoms. The molecule has 0 radical (unpaired) electrons. The molecular formula is C12H8ClF2N. The zero-order valence-corrected chi connectivity index (χ0v) is 8.93. The zero-order valence-electron chi connectivity index (χ0n) is 8.18. The van der Waals surface area contributed by atoms with Crippen LogP contribution in [0.2, 0.25) is 5.02 Å². The first-order chi connectivity index (χ1) is 7.58. The molecule has 0 saturated carbocycles. The number of anilines is 1. The quantitative estimate of drug-likeness (QED) is 0.751. The summed E-state index contributed by atoms with van der Waals surface area (Å²) >= 11 is 5.65. The SMILES string of the molecule is Nc1ccc(F)cc1-c1ccc(F)c(Cl)c1. The molecule has 0 fully saturated rings. The van der Waals surface area contributed by atoms with Crippen LogP contribution in [0.4, 0.5) is 14.5 Å². The molecule has 0 aliphatic heterocycles. The average molecular weight is 240 g/mol. The first-order valence-corrected chi connectivity index (χ1v) is 4.96. The Morgan fingerprint density at radius 1 is 1.00 bits per heavy atom. The molecule has 82 valence electrons. The van der Waals surface area contributed by atoms with Crippen molar-refractivity contribution in [2.75, 3.05) is 5.73 Å². The number of nitrogens with two attached hydrogens (primary N) is 1. The molecule has 0 aliphatic carbocycles. The molecule has 2 aromatic carbocycles. The molecule has 0 aliphatic rings. The fourth-order valence-electron chi connectivity index (χ4n) is 1.44. The molecule has 2 aromatic rings. The maximum absolute atomic E-state index is 13.1. The minimum absolute atomic E-state index is 0.0128. The fourth-order valence-corrected chi connectivity index (χ4v) is 1.62. The van der Waals surface area contributed by atoms with E-state index in [1.54, 1.807) is 0 Å². The summed E-state index contributed by atoms with van der Waals surface area (Å²) < 4.78 is 26.0. The Kier molecular flexibility index (Phi) is 2.79. The van der Waals surface area contributed by atoms with Gasteiger partial charge in [0.05, 0.1) is 5.02 Å². The summed E-state index contributed by atoms with van der Waals surface area (Å²) in [5, 5.41) is -0.0128. The third-order valence-corrected chi connectivity index (χ3v) is 2.54. The normalized spacial score (nSPS) is 10.4. The molecule has 0 amide bonds. The lowest BCUT2D eigenvalue weighted by molar-refractivity contribution is 0.628. The van der Waals surface area contributed by atoms with Gasteiger partial charge in [0.25, 0.3) is 0 Å². The summed E-state index contributed by atoms with van der Waals surface area (Å²) in [6.07, 6.45) is 0. The van der Waals surface area contributed by atoms with Crippen molar-refractivity contribution >= 4 is 17.3 Å². The third-order valence-electron chi connectivity index (χ3n) is 2.25. The highest BCUT2D eigenvalue weighted by Gasteiger charge is 2.07. The average Bonchev–Trinajstić information content (AvgIpc) is 2.26. The van der Waals surface area contributed by atoms with Gasteiger partial charge in [0.2, 0.25) is 0 Å². The van der Waals surface area contributed by atoms with Crippen molar-refractivity contribution in [3.05, 3.63) is 53.1 Å². The van der Waals surface area contributed by atoms with Gasteiger partial charge >= 0.3 is 0 Å². The van der Waals surface area contributed by atoms with E-state index in [0.717, 1.165) is 0 Å². The van der Waals surface area contributed by atoms with E-state index in [0.29, 0.717) is 16.8 Å². The summed E-state index contributed by atoms with van der Waals surface area (Å²) in [6, 6.07) is 8.17. The lowest BCUT2D eigenvalue weighted by atomic mass is 10.0. The van der Waals surface area contributed by atoms with E-state index >= 15 is 0 Å². The molecule has 4 heteroatoms. The van der Waals surface area contributed by atoms with E-state index in [9.17, 15) is 8.78 Å². The highest BCUT2D eigenvalue weighted by Crippen LogP contribution is 2.29. The van der Waals surface area contributed by atoms with Crippen molar-refractivity contribution in [3.63, 3.8) is 0 Å². The Morgan fingerprint density at radius 2 is 1.75 bits per heavy atom. The Bertz CT molecular complexity index is 541. The molecule has 2 N–H and O–H groups in total. The van der Waals surface area contributed by atoms with Crippen molar-refractivity contribution in [2.45, 2.75) is 0 Å². The van der Waals surface area contributed by atoms with Crippen LogP contribution in [0.15, 0.2) is 36.4 Å².